The van der Waals surface area contributed by atoms with Gasteiger partial charge in [-0.3, -0.25) is 0 Å². The van der Waals surface area contributed by atoms with E-state index in [1.165, 1.54) is 25.7 Å². The summed E-state index contributed by atoms with van der Waals surface area (Å²) in [5.74, 6) is -0.966. The third-order valence-corrected chi connectivity index (χ3v) is 3.89. The second-order valence-corrected chi connectivity index (χ2v) is 5.50. The summed E-state index contributed by atoms with van der Waals surface area (Å²) in [6, 6.07) is 9.44. The van der Waals surface area contributed by atoms with Gasteiger partial charge in [0.1, 0.15) is 0 Å². The third-order valence-electron chi connectivity index (χ3n) is 3.89. The number of hydrogen-bond acceptors (Lipinski definition) is 2. The molecular weight excluding hydrogens is 275 g/mol. The Morgan fingerprint density at radius 1 is 1.05 bits per heavy atom. The van der Waals surface area contributed by atoms with Crippen LogP contribution in [0.25, 0.3) is 0 Å². The van der Waals surface area contributed by atoms with E-state index in [1.54, 1.807) is 6.92 Å². The van der Waals surface area contributed by atoms with Gasteiger partial charge in [0, 0.05) is 5.41 Å². The maximum Gasteiger partial charge on any atom is 1.00 e. The molecule has 0 bridgehead atoms. The van der Waals surface area contributed by atoms with E-state index in [1.807, 2.05) is 30.3 Å². The Balaban J connectivity index is 0.00000361. The number of carbonyl (C=O) groups is 1. The fourth-order valence-electron chi connectivity index (χ4n) is 2.43. The molecule has 0 aliphatic heterocycles. The van der Waals surface area contributed by atoms with Gasteiger partial charge >= 0.3 is 51.4 Å². The molecule has 106 valence electrons. The molecule has 3 heteroatoms. The molecule has 20 heavy (non-hydrogen) atoms. The van der Waals surface area contributed by atoms with Gasteiger partial charge in [-0.25, -0.2) is 0 Å². The van der Waals surface area contributed by atoms with Crippen molar-refractivity contribution in [3.8, 4) is 0 Å². The zero-order chi connectivity index (χ0) is 14.1. The zero-order valence-electron chi connectivity index (χ0n) is 13.2. The van der Waals surface area contributed by atoms with Crippen LogP contribution in [-0.4, -0.2) is 5.97 Å². The molecular formula is C17H25KO2. The SMILES string of the molecule is CCCCCCCCC(C)(C(=O)[O-])c1ccccc1.[K+]. The summed E-state index contributed by atoms with van der Waals surface area (Å²) in [6.07, 6.45) is 7.68. The Morgan fingerprint density at radius 2 is 1.60 bits per heavy atom. The number of benzene rings is 1. The van der Waals surface area contributed by atoms with Gasteiger partial charge in [0.2, 0.25) is 0 Å². The van der Waals surface area contributed by atoms with E-state index in [2.05, 4.69) is 6.92 Å². The summed E-state index contributed by atoms with van der Waals surface area (Å²) in [5, 5.41) is 11.5. The largest absolute Gasteiger partial charge is 1.00 e. The first-order valence-corrected chi connectivity index (χ1v) is 7.38. The number of carboxylic acids is 1. The number of aliphatic carboxylic acids is 1. The van der Waals surface area contributed by atoms with E-state index < -0.39 is 11.4 Å². The number of carbonyl (C=O) groups excluding carboxylic acids is 1. The molecule has 1 aromatic carbocycles. The van der Waals surface area contributed by atoms with Crippen molar-refractivity contribution in [2.75, 3.05) is 0 Å². The Kier molecular flexibility index (Phi) is 11.1. The van der Waals surface area contributed by atoms with E-state index in [-0.39, 0.29) is 51.4 Å². The van der Waals surface area contributed by atoms with Gasteiger partial charge in [-0.2, -0.15) is 0 Å². The molecule has 1 rings (SSSR count). The fourth-order valence-corrected chi connectivity index (χ4v) is 2.43. The van der Waals surface area contributed by atoms with Crippen LogP contribution in [-0.2, 0) is 10.2 Å². The molecule has 0 saturated heterocycles. The molecule has 2 nitrogen and oxygen atoms in total. The first-order valence-electron chi connectivity index (χ1n) is 7.38. The van der Waals surface area contributed by atoms with Crippen LogP contribution in [0.3, 0.4) is 0 Å². The quantitative estimate of drug-likeness (QED) is 0.491. The van der Waals surface area contributed by atoms with Gasteiger partial charge in [-0.1, -0.05) is 82.7 Å². The van der Waals surface area contributed by atoms with Crippen molar-refractivity contribution in [3.05, 3.63) is 35.9 Å². The van der Waals surface area contributed by atoms with Crippen LogP contribution in [0.4, 0.5) is 0 Å². The summed E-state index contributed by atoms with van der Waals surface area (Å²) >= 11 is 0. The molecule has 0 aliphatic rings. The summed E-state index contributed by atoms with van der Waals surface area (Å²) < 4.78 is 0. The van der Waals surface area contributed by atoms with Crippen LogP contribution in [0.1, 0.15) is 64.4 Å². The van der Waals surface area contributed by atoms with Crippen molar-refractivity contribution in [2.45, 2.75) is 64.2 Å². The second kappa shape index (κ2) is 11.0. The first-order chi connectivity index (χ1) is 9.11. The normalized spacial score (nSPS) is 13.3. The summed E-state index contributed by atoms with van der Waals surface area (Å²) in [4.78, 5) is 11.5. The van der Waals surface area contributed by atoms with Gasteiger partial charge in [0.25, 0.3) is 0 Å². The standard InChI is InChI=1S/C17H26O2.K/c1-3-4-5-6-7-11-14-17(2,16(18)19)15-12-9-8-10-13-15;/h8-10,12-13H,3-7,11,14H2,1-2H3,(H,18,19);/q;+1/p-1. The van der Waals surface area contributed by atoms with E-state index in [9.17, 15) is 9.90 Å². The molecule has 0 fully saturated rings. The van der Waals surface area contributed by atoms with Crippen LogP contribution >= 0.6 is 0 Å². The van der Waals surface area contributed by atoms with Crippen molar-refractivity contribution < 1.29 is 61.3 Å². The van der Waals surface area contributed by atoms with E-state index in [0.29, 0.717) is 6.42 Å². The van der Waals surface area contributed by atoms with E-state index in [4.69, 9.17) is 0 Å². The molecule has 0 spiro atoms. The predicted octanol–water partition coefficient (Wildman–Crippen LogP) is 0.449. The fraction of sp³-hybridized carbons (Fsp3) is 0.588. The molecule has 1 unspecified atom stereocenters. The number of unbranched alkanes of at least 4 members (excludes halogenated alkanes) is 5. The third kappa shape index (κ3) is 6.40. The number of rotatable bonds is 9. The van der Waals surface area contributed by atoms with Crippen LogP contribution in [0.5, 0.6) is 0 Å². The summed E-state index contributed by atoms with van der Waals surface area (Å²) in [6.45, 7) is 3.98. The molecule has 1 atom stereocenters. The zero-order valence-corrected chi connectivity index (χ0v) is 16.3. The Labute approximate surface area is 165 Å². The smallest absolute Gasteiger partial charge is 0.549 e. The monoisotopic (exact) mass is 300 g/mol. The first kappa shape index (κ1) is 20.3. The van der Waals surface area contributed by atoms with Gasteiger partial charge in [-0.15, -0.1) is 0 Å². The van der Waals surface area contributed by atoms with Crippen LogP contribution < -0.4 is 56.5 Å². The minimum absolute atomic E-state index is 0. The molecule has 0 heterocycles. The van der Waals surface area contributed by atoms with Crippen molar-refractivity contribution >= 4 is 5.97 Å². The van der Waals surface area contributed by atoms with E-state index >= 15 is 0 Å². The van der Waals surface area contributed by atoms with Gasteiger partial charge in [-0.05, 0) is 12.0 Å². The number of hydrogen-bond donors (Lipinski definition) is 0. The molecule has 0 N–H and O–H groups in total. The van der Waals surface area contributed by atoms with Crippen LogP contribution in [0.2, 0.25) is 0 Å². The van der Waals surface area contributed by atoms with Crippen molar-refractivity contribution in [1.82, 2.24) is 0 Å². The Morgan fingerprint density at radius 3 is 2.15 bits per heavy atom. The molecule has 1 aromatic rings. The van der Waals surface area contributed by atoms with Gasteiger partial charge in [0.15, 0.2) is 0 Å². The average Bonchev–Trinajstić information content (AvgIpc) is 2.43. The molecule has 0 radical (unpaired) electrons. The Bertz CT molecular complexity index is 378. The van der Waals surface area contributed by atoms with E-state index in [0.717, 1.165) is 18.4 Å². The predicted molar refractivity (Wildman–Crippen MR) is 76.8 cm³/mol. The maximum atomic E-state index is 11.5. The molecule has 0 saturated carbocycles. The average molecular weight is 300 g/mol. The summed E-state index contributed by atoms with van der Waals surface area (Å²) in [5.41, 5.74) is -0.00463. The van der Waals surface area contributed by atoms with Crippen LogP contribution in [0, 0.1) is 0 Å². The minimum atomic E-state index is -0.966. The second-order valence-electron chi connectivity index (χ2n) is 5.50. The topological polar surface area (TPSA) is 40.1 Å². The summed E-state index contributed by atoms with van der Waals surface area (Å²) in [7, 11) is 0. The molecule has 0 amide bonds. The van der Waals surface area contributed by atoms with Gasteiger partial charge in [0.05, 0.1) is 5.97 Å². The number of carboxylic acid groups (broad SMARTS) is 1. The molecule has 0 aromatic heterocycles. The van der Waals surface area contributed by atoms with Crippen molar-refractivity contribution in [2.24, 2.45) is 0 Å². The van der Waals surface area contributed by atoms with Crippen LogP contribution in [0.15, 0.2) is 30.3 Å². The van der Waals surface area contributed by atoms with Gasteiger partial charge < -0.3 is 9.90 Å². The van der Waals surface area contributed by atoms with Crippen molar-refractivity contribution in [3.63, 3.8) is 0 Å². The maximum absolute atomic E-state index is 11.5. The molecule has 0 aliphatic carbocycles. The minimum Gasteiger partial charge on any atom is -0.549 e. The van der Waals surface area contributed by atoms with Crippen molar-refractivity contribution in [1.29, 1.82) is 0 Å². The Hall–Kier alpha value is 0.326.